The molecule has 116 valence electrons. The molecule has 0 spiro atoms. The van der Waals surface area contributed by atoms with Crippen LogP contribution in [0.25, 0.3) is 0 Å². The van der Waals surface area contributed by atoms with Gasteiger partial charge in [0, 0.05) is 39.3 Å². The van der Waals surface area contributed by atoms with Gasteiger partial charge < -0.3 is 21.1 Å². The molecule has 0 aromatic carbocycles. The Morgan fingerprint density at radius 3 is 2.55 bits per heavy atom. The predicted molar refractivity (Wildman–Crippen MR) is 76.7 cm³/mol. The number of urea groups is 1. The Bertz CT molecular complexity index is 319. The molecule has 0 radical (unpaired) electrons. The highest BCUT2D eigenvalue weighted by Gasteiger charge is 2.25. The molecule has 4 N–H and O–H groups in total. The summed E-state index contributed by atoms with van der Waals surface area (Å²) >= 11 is 0. The maximum absolute atomic E-state index is 11.7. The maximum Gasteiger partial charge on any atom is 0.326 e. The molecule has 0 aliphatic carbocycles. The Balaban J connectivity index is 2.25. The van der Waals surface area contributed by atoms with E-state index in [1.54, 1.807) is 0 Å². The third-order valence-corrected chi connectivity index (χ3v) is 3.69. The van der Waals surface area contributed by atoms with Crippen molar-refractivity contribution in [3.05, 3.63) is 0 Å². The molecule has 1 aliphatic heterocycles. The molecule has 20 heavy (non-hydrogen) atoms. The number of rotatable bonds is 7. The summed E-state index contributed by atoms with van der Waals surface area (Å²) in [5.74, 6) is -1.08. The summed E-state index contributed by atoms with van der Waals surface area (Å²) in [4.78, 5) is 25.1. The molecular weight excluding hydrogens is 260 g/mol. The lowest BCUT2D eigenvalue weighted by Gasteiger charge is -2.27. The van der Waals surface area contributed by atoms with Crippen LogP contribution in [0.4, 0.5) is 4.79 Å². The Morgan fingerprint density at radius 2 is 2.00 bits per heavy atom. The van der Waals surface area contributed by atoms with Crippen LogP contribution in [0, 0.1) is 5.92 Å². The molecule has 1 aliphatic rings. The monoisotopic (exact) mass is 286 g/mol. The molecule has 2 unspecified atom stereocenters. The van der Waals surface area contributed by atoms with Crippen LogP contribution >= 0.6 is 0 Å². The van der Waals surface area contributed by atoms with Gasteiger partial charge in [0.25, 0.3) is 0 Å². The van der Waals surface area contributed by atoms with E-state index in [1.165, 1.54) is 0 Å². The summed E-state index contributed by atoms with van der Waals surface area (Å²) in [6.07, 6.45) is 0.706. The summed E-state index contributed by atoms with van der Waals surface area (Å²) in [6.45, 7) is 8.95. The van der Waals surface area contributed by atoms with Crippen molar-refractivity contribution in [3.8, 4) is 0 Å². The van der Waals surface area contributed by atoms with Crippen molar-refractivity contribution >= 4 is 12.0 Å². The van der Waals surface area contributed by atoms with Gasteiger partial charge in [-0.15, -0.1) is 0 Å². The molecule has 0 aromatic rings. The van der Waals surface area contributed by atoms with Crippen LogP contribution in [0.15, 0.2) is 0 Å². The van der Waals surface area contributed by atoms with Gasteiger partial charge in [-0.3, -0.25) is 4.90 Å². The first-order valence-electron chi connectivity index (χ1n) is 7.24. The molecule has 2 atom stereocenters. The zero-order chi connectivity index (χ0) is 15.0. The van der Waals surface area contributed by atoms with Crippen LogP contribution in [0.5, 0.6) is 0 Å². The van der Waals surface area contributed by atoms with Gasteiger partial charge in [-0.05, 0) is 5.92 Å². The Morgan fingerprint density at radius 1 is 1.35 bits per heavy atom. The van der Waals surface area contributed by atoms with E-state index in [0.29, 0.717) is 13.0 Å². The smallest absolute Gasteiger partial charge is 0.326 e. The second-order valence-corrected chi connectivity index (χ2v) is 5.19. The molecule has 1 rings (SSSR count). The number of carbonyl (C=O) groups is 2. The van der Waals surface area contributed by atoms with Crippen molar-refractivity contribution in [2.24, 2.45) is 5.92 Å². The van der Waals surface area contributed by atoms with Crippen molar-refractivity contribution in [1.82, 2.24) is 20.9 Å². The van der Waals surface area contributed by atoms with Crippen LogP contribution in [0.2, 0.25) is 0 Å². The zero-order valence-electron chi connectivity index (χ0n) is 12.3. The molecule has 0 saturated carbocycles. The van der Waals surface area contributed by atoms with E-state index in [9.17, 15) is 9.59 Å². The minimum absolute atomic E-state index is 0.0913. The average Bonchev–Trinajstić information content (AvgIpc) is 2.45. The van der Waals surface area contributed by atoms with Crippen molar-refractivity contribution in [2.45, 2.75) is 26.3 Å². The third kappa shape index (κ3) is 5.75. The fraction of sp³-hybridized carbons (Fsp3) is 0.846. The van der Waals surface area contributed by atoms with Gasteiger partial charge in [0.2, 0.25) is 0 Å². The molecule has 1 heterocycles. The fourth-order valence-electron chi connectivity index (χ4n) is 2.14. The first-order chi connectivity index (χ1) is 9.54. The largest absolute Gasteiger partial charge is 0.480 e. The first-order valence-corrected chi connectivity index (χ1v) is 7.24. The number of piperazine rings is 1. The number of aliphatic carboxylic acids is 1. The van der Waals surface area contributed by atoms with Gasteiger partial charge >= 0.3 is 12.0 Å². The van der Waals surface area contributed by atoms with Crippen LogP contribution in [-0.2, 0) is 4.79 Å². The molecule has 2 amide bonds. The third-order valence-electron chi connectivity index (χ3n) is 3.69. The highest BCUT2D eigenvalue weighted by atomic mass is 16.4. The highest BCUT2D eigenvalue weighted by molar-refractivity contribution is 5.82. The number of nitrogens with zero attached hydrogens (tertiary/aromatic N) is 1. The minimum Gasteiger partial charge on any atom is -0.480 e. The average molecular weight is 286 g/mol. The van der Waals surface area contributed by atoms with Gasteiger partial charge in [-0.1, -0.05) is 20.3 Å². The molecule has 0 bridgehead atoms. The van der Waals surface area contributed by atoms with E-state index < -0.39 is 18.0 Å². The van der Waals surface area contributed by atoms with Gasteiger partial charge in [0.05, 0.1) is 0 Å². The number of carboxylic acids is 1. The Labute approximate surface area is 120 Å². The molecule has 1 saturated heterocycles. The van der Waals surface area contributed by atoms with Crippen LogP contribution in [0.1, 0.15) is 20.3 Å². The second kappa shape index (κ2) is 8.76. The number of hydrogen-bond acceptors (Lipinski definition) is 4. The van der Waals surface area contributed by atoms with Crippen LogP contribution in [-0.4, -0.2) is 67.3 Å². The zero-order valence-corrected chi connectivity index (χ0v) is 12.3. The van der Waals surface area contributed by atoms with E-state index in [1.807, 2.05) is 13.8 Å². The lowest BCUT2D eigenvalue weighted by molar-refractivity contribution is -0.140. The van der Waals surface area contributed by atoms with E-state index in [4.69, 9.17) is 5.11 Å². The van der Waals surface area contributed by atoms with Gasteiger partial charge in [-0.25, -0.2) is 9.59 Å². The van der Waals surface area contributed by atoms with Crippen molar-refractivity contribution in [3.63, 3.8) is 0 Å². The fourth-order valence-corrected chi connectivity index (χ4v) is 2.14. The maximum atomic E-state index is 11.7. The highest BCUT2D eigenvalue weighted by Crippen LogP contribution is 2.07. The van der Waals surface area contributed by atoms with Gasteiger partial charge in [0.15, 0.2) is 0 Å². The molecule has 0 aromatic heterocycles. The number of nitrogens with one attached hydrogen (secondary N) is 3. The second-order valence-electron chi connectivity index (χ2n) is 5.19. The van der Waals surface area contributed by atoms with E-state index in [2.05, 4.69) is 20.9 Å². The molecular formula is C13H26N4O3. The topological polar surface area (TPSA) is 93.7 Å². The summed E-state index contributed by atoms with van der Waals surface area (Å²) < 4.78 is 0. The summed E-state index contributed by atoms with van der Waals surface area (Å²) in [7, 11) is 0. The number of carboxylic acid groups (broad SMARTS) is 1. The summed E-state index contributed by atoms with van der Waals surface area (Å²) in [5, 5.41) is 17.6. The normalized spacial score (nSPS) is 19.1. The van der Waals surface area contributed by atoms with Gasteiger partial charge in [-0.2, -0.15) is 0 Å². The number of amides is 2. The van der Waals surface area contributed by atoms with Crippen LogP contribution < -0.4 is 16.0 Å². The van der Waals surface area contributed by atoms with E-state index in [-0.39, 0.29) is 5.92 Å². The number of carbonyl (C=O) groups excluding carboxylic acids is 1. The minimum atomic E-state index is -0.989. The predicted octanol–water partition coefficient (Wildman–Crippen LogP) is -0.310. The lowest BCUT2D eigenvalue weighted by Crippen LogP contribution is -2.51. The Hall–Kier alpha value is -1.34. The van der Waals surface area contributed by atoms with E-state index in [0.717, 1.165) is 32.7 Å². The Kier molecular flexibility index (Phi) is 7.32. The molecule has 7 heteroatoms. The van der Waals surface area contributed by atoms with Crippen molar-refractivity contribution in [1.29, 1.82) is 0 Å². The SMILES string of the molecule is CCC(C)C(NC(=O)NCCN1CCNCC1)C(=O)O. The standard InChI is InChI=1S/C13H26N4O3/c1-3-10(2)11(12(18)19)16-13(20)15-6-9-17-7-4-14-5-8-17/h10-11,14H,3-9H2,1-2H3,(H,18,19)(H2,15,16,20). The molecule has 7 nitrogen and oxygen atoms in total. The number of hydrogen-bond donors (Lipinski definition) is 4. The summed E-state index contributed by atoms with van der Waals surface area (Å²) in [5.41, 5.74) is 0. The van der Waals surface area contributed by atoms with Crippen LogP contribution in [0.3, 0.4) is 0 Å². The first kappa shape index (κ1) is 16.7. The summed E-state index contributed by atoms with van der Waals surface area (Å²) in [6, 6.07) is -1.24. The van der Waals surface area contributed by atoms with Crippen molar-refractivity contribution in [2.75, 3.05) is 39.3 Å². The van der Waals surface area contributed by atoms with Gasteiger partial charge in [0.1, 0.15) is 6.04 Å². The quantitative estimate of drug-likeness (QED) is 0.515. The lowest BCUT2D eigenvalue weighted by atomic mass is 9.99. The molecule has 1 fully saturated rings. The van der Waals surface area contributed by atoms with E-state index >= 15 is 0 Å². The van der Waals surface area contributed by atoms with Crippen molar-refractivity contribution < 1.29 is 14.7 Å².